The molecule has 2 aromatic carbocycles. The number of nitrogens with zero attached hydrogens (tertiary/aromatic N) is 1. The minimum Gasteiger partial charge on any atom is -0.308 e. The molecule has 0 aliphatic heterocycles. The van der Waals surface area contributed by atoms with Crippen molar-refractivity contribution in [3.63, 3.8) is 0 Å². The highest BCUT2D eigenvalue weighted by Crippen LogP contribution is 2.23. The molecule has 0 fully saturated rings. The van der Waals surface area contributed by atoms with Crippen LogP contribution in [0, 0.1) is 10.1 Å². The Morgan fingerprint density at radius 1 is 1.20 bits per heavy atom. The Morgan fingerprint density at radius 2 is 2.00 bits per heavy atom. The number of nitro benzene ring substituents is 1. The zero-order valence-electron chi connectivity index (χ0n) is 10.5. The number of hydrogen-bond acceptors (Lipinski definition) is 3. The molecule has 0 heterocycles. The second-order valence-electron chi connectivity index (χ2n) is 4.26. The fourth-order valence-corrected chi connectivity index (χ4v) is 2.46. The van der Waals surface area contributed by atoms with E-state index >= 15 is 0 Å². The number of nitrogens with one attached hydrogen (secondary N) is 1. The molecule has 0 unspecified atom stereocenters. The maximum Gasteiger partial charge on any atom is 0.275 e. The highest BCUT2D eigenvalue weighted by molar-refractivity contribution is 9.10. The van der Waals surface area contributed by atoms with Crippen molar-refractivity contribution in [3.8, 4) is 0 Å². The first-order chi connectivity index (χ1) is 9.56. The lowest BCUT2D eigenvalue weighted by molar-refractivity contribution is -0.385. The summed E-state index contributed by atoms with van der Waals surface area (Å²) in [5.74, 6) is 0. The van der Waals surface area contributed by atoms with E-state index in [1.165, 1.54) is 6.07 Å². The molecule has 4 nitrogen and oxygen atoms in total. The monoisotopic (exact) mass is 354 g/mol. The Labute approximate surface area is 130 Å². The number of halogens is 2. The molecule has 0 bridgehead atoms. The SMILES string of the molecule is O=[N+]([O-])c1cc(Cl)ccc1CNCc1cccc(Br)c1. The molecule has 0 aromatic heterocycles. The Morgan fingerprint density at radius 3 is 2.70 bits per heavy atom. The van der Waals surface area contributed by atoms with Gasteiger partial charge in [0.05, 0.1) is 4.92 Å². The third-order valence-electron chi connectivity index (χ3n) is 2.78. The molecule has 0 radical (unpaired) electrons. The van der Waals surface area contributed by atoms with E-state index in [1.807, 2.05) is 24.3 Å². The van der Waals surface area contributed by atoms with Crippen molar-refractivity contribution in [2.75, 3.05) is 0 Å². The van der Waals surface area contributed by atoms with Crippen molar-refractivity contribution < 1.29 is 4.92 Å². The molecule has 20 heavy (non-hydrogen) atoms. The van der Waals surface area contributed by atoms with Gasteiger partial charge in [0, 0.05) is 34.2 Å². The molecule has 0 saturated carbocycles. The molecule has 0 atom stereocenters. The van der Waals surface area contributed by atoms with Gasteiger partial charge in [0.25, 0.3) is 5.69 Å². The number of benzene rings is 2. The standard InChI is InChI=1S/C14H12BrClN2O2/c15-12-3-1-2-10(6-12)8-17-9-11-4-5-13(16)7-14(11)18(19)20/h1-7,17H,8-9H2. The van der Waals surface area contributed by atoms with Gasteiger partial charge in [-0.3, -0.25) is 10.1 Å². The molecule has 6 heteroatoms. The van der Waals surface area contributed by atoms with Crippen LogP contribution >= 0.6 is 27.5 Å². The largest absolute Gasteiger partial charge is 0.308 e. The molecule has 0 aliphatic carbocycles. The van der Waals surface area contributed by atoms with Crippen LogP contribution in [-0.4, -0.2) is 4.92 Å². The topological polar surface area (TPSA) is 55.2 Å². The van der Waals surface area contributed by atoms with Gasteiger partial charge in [-0.1, -0.05) is 39.7 Å². The van der Waals surface area contributed by atoms with Gasteiger partial charge in [-0.05, 0) is 29.8 Å². The molecule has 0 spiro atoms. The highest BCUT2D eigenvalue weighted by atomic mass is 79.9. The van der Waals surface area contributed by atoms with Crippen molar-refractivity contribution in [3.05, 3.63) is 73.2 Å². The molecule has 104 valence electrons. The van der Waals surface area contributed by atoms with Gasteiger partial charge in [0.15, 0.2) is 0 Å². The first kappa shape index (κ1) is 15.0. The average Bonchev–Trinajstić information content (AvgIpc) is 2.40. The van der Waals surface area contributed by atoms with Gasteiger partial charge in [-0.2, -0.15) is 0 Å². The van der Waals surface area contributed by atoms with E-state index in [0.29, 0.717) is 23.7 Å². The smallest absolute Gasteiger partial charge is 0.275 e. The van der Waals surface area contributed by atoms with Gasteiger partial charge in [0.1, 0.15) is 0 Å². The lowest BCUT2D eigenvalue weighted by atomic mass is 10.1. The van der Waals surface area contributed by atoms with Gasteiger partial charge in [0.2, 0.25) is 0 Å². The summed E-state index contributed by atoms with van der Waals surface area (Å²) in [6, 6.07) is 12.6. The zero-order valence-corrected chi connectivity index (χ0v) is 12.8. The van der Waals surface area contributed by atoms with E-state index in [-0.39, 0.29) is 5.69 Å². The first-order valence-corrected chi connectivity index (χ1v) is 7.11. The zero-order chi connectivity index (χ0) is 14.5. The lowest BCUT2D eigenvalue weighted by Gasteiger charge is -2.06. The normalized spacial score (nSPS) is 10.5. The van der Waals surface area contributed by atoms with Crippen molar-refractivity contribution in [2.45, 2.75) is 13.1 Å². The summed E-state index contributed by atoms with van der Waals surface area (Å²) in [4.78, 5) is 10.6. The second kappa shape index (κ2) is 6.83. The summed E-state index contributed by atoms with van der Waals surface area (Å²) < 4.78 is 1.01. The van der Waals surface area contributed by atoms with Crippen LogP contribution < -0.4 is 5.32 Å². The Bertz CT molecular complexity index is 634. The third kappa shape index (κ3) is 4.03. The molecule has 1 N–H and O–H groups in total. The van der Waals surface area contributed by atoms with Crippen molar-refractivity contribution >= 4 is 33.2 Å². The minimum absolute atomic E-state index is 0.0410. The number of rotatable bonds is 5. The summed E-state index contributed by atoms with van der Waals surface area (Å²) in [5, 5.41) is 14.5. The van der Waals surface area contributed by atoms with Crippen LogP contribution in [0.5, 0.6) is 0 Å². The Balaban J connectivity index is 2.02. The van der Waals surface area contributed by atoms with Crippen LogP contribution in [0.15, 0.2) is 46.9 Å². The molecule has 2 rings (SSSR count). The average molecular weight is 356 g/mol. The van der Waals surface area contributed by atoms with E-state index in [4.69, 9.17) is 11.6 Å². The predicted molar refractivity (Wildman–Crippen MR) is 82.8 cm³/mol. The molecular formula is C14H12BrClN2O2. The van der Waals surface area contributed by atoms with Crippen LogP contribution in [0.1, 0.15) is 11.1 Å². The van der Waals surface area contributed by atoms with Crippen LogP contribution in [0.3, 0.4) is 0 Å². The van der Waals surface area contributed by atoms with E-state index in [1.54, 1.807) is 12.1 Å². The second-order valence-corrected chi connectivity index (χ2v) is 5.62. The molecular weight excluding hydrogens is 344 g/mol. The predicted octanol–water partition coefficient (Wildman–Crippen LogP) is 4.30. The van der Waals surface area contributed by atoms with Crippen LogP contribution in [0.2, 0.25) is 5.02 Å². The minimum atomic E-state index is -0.415. The highest BCUT2D eigenvalue weighted by Gasteiger charge is 2.13. The summed E-state index contributed by atoms with van der Waals surface area (Å²) in [6.45, 7) is 1.05. The van der Waals surface area contributed by atoms with E-state index in [0.717, 1.165) is 10.0 Å². The quantitative estimate of drug-likeness (QED) is 0.642. The summed E-state index contributed by atoms with van der Waals surface area (Å²) in [6.07, 6.45) is 0. The van der Waals surface area contributed by atoms with Crippen LogP contribution in [0.4, 0.5) is 5.69 Å². The molecule has 0 amide bonds. The summed E-state index contributed by atoms with van der Waals surface area (Å²) in [5.41, 5.74) is 1.77. The summed E-state index contributed by atoms with van der Waals surface area (Å²) >= 11 is 9.18. The fraction of sp³-hybridized carbons (Fsp3) is 0.143. The van der Waals surface area contributed by atoms with Crippen molar-refractivity contribution in [1.82, 2.24) is 5.32 Å². The number of hydrogen-bond donors (Lipinski definition) is 1. The third-order valence-corrected chi connectivity index (χ3v) is 3.51. The van der Waals surface area contributed by atoms with E-state index in [2.05, 4.69) is 21.2 Å². The molecule has 0 saturated heterocycles. The fourth-order valence-electron chi connectivity index (χ4n) is 1.84. The van der Waals surface area contributed by atoms with Crippen molar-refractivity contribution in [1.29, 1.82) is 0 Å². The van der Waals surface area contributed by atoms with Gasteiger partial charge in [-0.25, -0.2) is 0 Å². The maximum absolute atomic E-state index is 11.0. The van der Waals surface area contributed by atoms with E-state index < -0.39 is 4.92 Å². The van der Waals surface area contributed by atoms with Crippen molar-refractivity contribution in [2.24, 2.45) is 0 Å². The molecule has 2 aromatic rings. The summed E-state index contributed by atoms with van der Waals surface area (Å²) in [7, 11) is 0. The number of nitro groups is 1. The Kier molecular flexibility index (Phi) is 5.11. The van der Waals surface area contributed by atoms with Crippen LogP contribution in [0.25, 0.3) is 0 Å². The van der Waals surface area contributed by atoms with Gasteiger partial charge >= 0.3 is 0 Å². The van der Waals surface area contributed by atoms with Gasteiger partial charge in [-0.15, -0.1) is 0 Å². The molecule has 0 aliphatic rings. The van der Waals surface area contributed by atoms with E-state index in [9.17, 15) is 10.1 Å². The van der Waals surface area contributed by atoms with Crippen LogP contribution in [-0.2, 0) is 13.1 Å². The first-order valence-electron chi connectivity index (χ1n) is 5.94. The lowest BCUT2D eigenvalue weighted by Crippen LogP contribution is -2.13. The Hall–Kier alpha value is -1.43. The maximum atomic E-state index is 11.0. The van der Waals surface area contributed by atoms with Gasteiger partial charge < -0.3 is 5.32 Å².